The van der Waals surface area contributed by atoms with Crippen molar-refractivity contribution in [2.45, 2.75) is 12.5 Å². The second-order valence-electron chi connectivity index (χ2n) is 4.58. The van der Waals surface area contributed by atoms with Gasteiger partial charge in [0, 0.05) is 29.5 Å². The summed E-state index contributed by atoms with van der Waals surface area (Å²) in [4.78, 5) is 16.0. The van der Waals surface area contributed by atoms with Crippen LogP contribution in [-0.4, -0.2) is 40.7 Å². The maximum atomic E-state index is 12.2. The van der Waals surface area contributed by atoms with Crippen molar-refractivity contribution < 1.29 is 14.3 Å². The van der Waals surface area contributed by atoms with Crippen molar-refractivity contribution in [3.8, 4) is 11.3 Å². The first-order chi connectivity index (χ1) is 10.2. The lowest BCUT2D eigenvalue weighted by molar-refractivity contribution is 0.0935. The molecule has 0 saturated carbocycles. The minimum atomic E-state index is -0.133. The topological polar surface area (TPSA) is 75.4 Å². The van der Waals surface area contributed by atoms with Gasteiger partial charge in [0.1, 0.15) is 0 Å². The second kappa shape index (κ2) is 7.85. The molecule has 0 saturated heterocycles. The summed E-state index contributed by atoms with van der Waals surface area (Å²) in [5.74, 6) is 1.32. The van der Waals surface area contributed by atoms with Gasteiger partial charge in [0.25, 0.3) is 5.91 Å². The van der Waals surface area contributed by atoms with Gasteiger partial charge >= 0.3 is 0 Å². The van der Waals surface area contributed by atoms with E-state index in [1.54, 1.807) is 30.1 Å². The number of rotatable bonds is 7. The molecular formula is C15H18N2O3S. The Morgan fingerprint density at radius 1 is 1.43 bits per heavy atom. The maximum Gasteiger partial charge on any atom is 0.251 e. The lowest BCUT2D eigenvalue weighted by Gasteiger charge is -2.16. The number of aromatic nitrogens is 1. The molecule has 1 atom stereocenters. The van der Waals surface area contributed by atoms with Gasteiger partial charge in [-0.3, -0.25) is 4.79 Å². The Hall–Kier alpha value is -1.79. The highest BCUT2D eigenvalue weighted by Gasteiger charge is 2.13. The van der Waals surface area contributed by atoms with E-state index < -0.39 is 0 Å². The number of carbonyl (C=O) groups excluding carboxylic acids is 1. The van der Waals surface area contributed by atoms with E-state index in [9.17, 15) is 4.79 Å². The Morgan fingerprint density at radius 3 is 2.76 bits per heavy atom. The van der Waals surface area contributed by atoms with Crippen LogP contribution in [0, 0.1) is 0 Å². The lowest BCUT2D eigenvalue weighted by Crippen LogP contribution is -2.37. The highest BCUT2D eigenvalue weighted by molar-refractivity contribution is 7.98. The SMILES string of the molecule is CSCC(CCO)NC(=O)c1ccc(-c2cnco2)cc1. The number of aliphatic hydroxyl groups excluding tert-OH is 1. The van der Waals surface area contributed by atoms with Crippen LogP contribution in [0.4, 0.5) is 0 Å². The van der Waals surface area contributed by atoms with E-state index in [4.69, 9.17) is 9.52 Å². The molecule has 0 aliphatic carbocycles. The first kappa shape index (κ1) is 15.6. The van der Waals surface area contributed by atoms with E-state index in [2.05, 4.69) is 10.3 Å². The summed E-state index contributed by atoms with van der Waals surface area (Å²) in [5, 5.41) is 11.9. The Labute approximate surface area is 127 Å². The van der Waals surface area contributed by atoms with E-state index in [-0.39, 0.29) is 18.6 Å². The van der Waals surface area contributed by atoms with Crippen molar-refractivity contribution in [3.05, 3.63) is 42.4 Å². The Kier molecular flexibility index (Phi) is 5.83. The molecule has 0 spiro atoms. The molecule has 0 radical (unpaired) electrons. The summed E-state index contributed by atoms with van der Waals surface area (Å²) in [6.07, 6.45) is 5.54. The molecule has 0 aliphatic rings. The number of hydrogen-bond donors (Lipinski definition) is 2. The van der Waals surface area contributed by atoms with Crippen molar-refractivity contribution in [1.29, 1.82) is 0 Å². The van der Waals surface area contributed by atoms with Crippen molar-refractivity contribution in [2.24, 2.45) is 0 Å². The van der Waals surface area contributed by atoms with Crippen LogP contribution in [0.1, 0.15) is 16.8 Å². The largest absolute Gasteiger partial charge is 0.444 e. The quantitative estimate of drug-likeness (QED) is 0.820. The van der Waals surface area contributed by atoms with Crippen LogP contribution in [-0.2, 0) is 0 Å². The van der Waals surface area contributed by atoms with Gasteiger partial charge < -0.3 is 14.8 Å². The molecule has 6 heteroatoms. The van der Waals surface area contributed by atoms with Gasteiger partial charge in [0.05, 0.1) is 6.20 Å². The molecule has 2 rings (SSSR count). The van der Waals surface area contributed by atoms with Gasteiger partial charge in [-0.25, -0.2) is 4.98 Å². The van der Waals surface area contributed by atoms with Crippen LogP contribution < -0.4 is 5.32 Å². The van der Waals surface area contributed by atoms with Crippen LogP contribution in [0.2, 0.25) is 0 Å². The van der Waals surface area contributed by atoms with Crippen LogP contribution in [0.5, 0.6) is 0 Å². The fourth-order valence-corrected chi connectivity index (χ4v) is 2.62. The first-order valence-corrected chi connectivity index (χ1v) is 8.03. The van der Waals surface area contributed by atoms with Crippen molar-refractivity contribution >= 4 is 17.7 Å². The fourth-order valence-electron chi connectivity index (χ4n) is 1.97. The zero-order valence-electron chi connectivity index (χ0n) is 11.8. The van der Waals surface area contributed by atoms with Crippen LogP contribution in [0.3, 0.4) is 0 Å². The lowest BCUT2D eigenvalue weighted by atomic mass is 10.1. The van der Waals surface area contributed by atoms with E-state index in [1.165, 1.54) is 6.39 Å². The monoisotopic (exact) mass is 306 g/mol. The number of thioether (sulfide) groups is 1. The number of benzene rings is 1. The summed E-state index contributed by atoms with van der Waals surface area (Å²) in [6.45, 7) is 0.0654. The van der Waals surface area contributed by atoms with Gasteiger partial charge in [-0.05, 0) is 24.8 Å². The van der Waals surface area contributed by atoms with E-state index in [0.717, 1.165) is 11.3 Å². The van der Waals surface area contributed by atoms with Crippen molar-refractivity contribution in [2.75, 3.05) is 18.6 Å². The average molecular weight is 306 g/mol. The highest BCUT2D eigenvalue weighted by Crippen LogP contribution is 2.19. The number of aliphatic hydroxyl groups is 1. The predicted octanol–water partition coefficient (Wildman–Crippen LogP) is 2.19. The summed E-state index contributed by atoms with van der Waals surface area (Å²) >= 11 is 1.64. The zero-order valence-corrected chi connectivity index (χ0v) is 12.6. The summed E-state index contributed by atoms with van der Waals surface area (Å²) in [6, 6.07) is 7.13. The number of carbonyl (C=O) groups is 1. The summed E-state index contributed by atoms with van der Waals surface area (Å²) in [7, 11) is 0. The number of amides is 1. The molecule has 1 amide bonds. The Morgan fingerprint density at radius 2 is 2.19 bits per heavy atom. The molecule has 0 fully saturated rings. The van der Waals surface area contributed by atoms with E-state index >= 15 is 0 Å². The average Bonchev–Trinajstić information content (AvgIpc) is 3.02. The Bertz CT molecular complexity index is 549. The minimum Gasteiger partial charge on any atom is -0.444 e. The van der Waals surface area contributed by atoms with E-state index in [1.807, 2.05) is 18.4 Å². The standard InChI is InChI=1S/C15H18N2O3S/c1-21-9-13(6-7-18)17-15(19)12-4-2-11(3-5-12)14-8-16-10-20-14/h2-5,8,10,13,18H,6-7,9H2,1H3,(H,17,19). The normalized spacial score (nSPS) is 12.1. The molecule has 2 aromatic rings. The van der Waals surface area contributed by atoms with Crippen molar-refractivity contribution in [1.82, 2.24) is 10.3 Å². The minimum absolute atomic E-state index is 0.0218. The predicted molar refractivity (Wildman–Crippen MR) is 83.3 cm³/mol. The molecular weight excluding hydrogens is 288 g/mol. The van der Waals surface area contributed by atoms with Crippen LogP contribution in [0.15, 0.2) is 41.3 Å². The molecule has 1 heterocycles. The third-order valence-electron chi connectivity index (χ3n) is 3.04. The molecule has 1 unspecified atom stereocenters. The second-order valence-corrected chi connectivity index (χ2v) is 5.49. The van der Waals surface area contributed by atoms with Gasteiger partial charge in [-0.1, -0.05) is 12.1 Å². The first-order valence-electron chi connectivity index (χ1n) is 6.64. The van der Waals surface area contributed by atoms with Crippen molar-refractivity contribution in [3.63, 3.8) is 0 Å². The Balaban J connectivity index is 2.02. The third kappa shape index (κ3) is 4.34. The zero-order chi connectivity index (χ0) is 15.1. The molecule has 1 aromatic carbocycles. The van der Waals surface area contributed by atoms with Crippen LogP contribution in [0.25, 0.3) is 11.3 Å². The molecule has 0 bridgehead atoms. The van der Waals surface area contributed by atoms with Gasteiger partial charge in [-0.2, -0.15) is 11.8 Å². The maximum absolute atomic E-state index is 12.2. The highest BCUT2D eigenvalue weighted by atomic mass is 32.2. The van der Waals surface area contributed by atoms with Gasteiger partial charge in [-0.15, -0.1) is 0 Å². The van der Waals surface area contributed by atoms with Gasteiger partial charge in [0.15, 0.2) is 12.2 Å². The third-order valence-corrected chi connectivity index (χ3v) is 3.78. The molecule has 21 heavy (non-hydrogen) atoms. The van der Waals surface area contributed by atoms with Crippen LogP contribution >= 0.6 is 11.8 Å². The number of nitrogens with zero attached hydrogens (tertiary/aromatic N) is 1. The summed E-state index contributed by atoms with van der Waals surface area (Å²) < 4.78 is 5.21. The molecule has 0 aliphatic heterocycles. The summed E-state index contributed by atoms with van der Waals surface area (Å²) in [5.41, 5.74) is 1.46. The van der Waals surface area contributed by atoms with Gasteiger partial charge in [0.2, 0.25) is 0 Å². The molecule has 5 nitrogen and oxygen atoms in total. The molecule has 2 N–H and O–H groups in total. The number of oxazole rings is 1. The molecule has 1 aromatic heterocycles. The molecule has 112 valence electrons. The fraction of sp³-hybridized carbons (Fsp3) is 0.333. The number of nitrogens with one attached hydrogen (secondary N) is 1. The number of hydrogen-bond acceptors (Lipinski definition) is 5. The van der Waals surface area contributed by atoms with E-state index in [0.29, 0.717) is 17.7 Å². The smallest absolute Gasteiger partial charge is 0.251 e.